The lowest BCUT2D eigenvalue weighted by molar-refractivity contribution is -0.140. The molecule has 1 saturated carbocycles. The fourth-order valence-corrected chi connectivity index (χ4v) is 7.93. The molecular formula is C38H41Cl2N3O5S. The summed E-state index contributed by atoms with van der Waals surface area (Å²) in [4.78, 5) is 30.5. The van der Waals surface area contributed by atoms with E-state index >= 15 is 0 Å². The number of carbonyl (C=O) groups is 2. The Kier molecular flexibility index (Phi) is 12.3. The van der Waals surface area contributed by atoms with Gasteiger partial charge in [-0.3, -0.25) is 13.9 Å². The van der Waals surface area contributed by atoms with Crippen molar-refractivity contribution in [3.63, 3.8) is 0 Å². The number of nitrogens with one attached hydrogen (secondary N) is 1. The van der Waals surface area contributed by atoms with Crippen molar-refractivity contribution < 1.29 is 22.7 Å². The van der Waals surface area contributed by atoms with Crippen molar-refractivity contribution in [1.29, 1.82) is 0 Å². The smallest absolute Gasteiger partial charge is 0.264 e. The zero-order chi connectivity index (χ0) is 35.0. The van der Waals surface area contributed by atoms with Crippen LogP contribution in [-0.4, -0.2) is 50.9 Å². The normalized spacial score (nSPS) is 14.1. The van der Waals surface area contributed by atoms with Crippen molar-refractivity contribution in [2.75, 3.05) is 18.0 Å². The lowest BCUT2D eigenvalue weighted by Gasteiger charge is -2.35. The Labute approximate surface area is 299 Å². The van der Waals surface area contributed by atoms with Gasteiger partial charge in [0, 0.05) is 29.1 Å². The third kappa shape index (κ3) is 9.35. The van der Waals surface area contributed by atoms with E-state index in [2.05, 4.69) is 5.32 Å². The molecule has 0 saturated heterocycles. The Morgan fingerprint density at radius 1 is 0.898 bits per heavy atom. The number of nitrogens with zero attached hydrogens (tertiary/aromatic N) is 2. The molecule has 5 rings (SSSR count). The number of carbonyl (C=O) groups excluding carboxylic acids is 2. The van der Waals surface area contributed by atoms with Crippen LogP contribution in [0.3, 0.4) is 0 Å². The summed E-state index contributed by atoms with van der Waals surface area (Å²) < 4.78 is 34.9. The molecule has 0 spiro atoms. The highest BCUT2D eigenvalue weighted by molar-refractivity contribution is 7.92. The Hall–Kier alpha value is -4.05. The maximum atomic E-state index is 14.7. The molecule has 0 radical (unpaired) electrons. The zero-order valence-electron chi connectivity index (χ0n) is 27.6. The van der Waals surface area contributed by atoms with Gasteiger partial charge in [-0.05, 0) is 79.4 Å². The number of anilines is 1. The number of methoxy groups -OCH3 is 1. The molecular weight excluding hydrogens is 681 g/mol. The number of hydrogen-bond acceptors (Lipinski definition) is 5. The van der Waals surface area contributed by atoms with Crippen molar-refractivity contribution >= 4 is 50.7 Å². The first-order valence-electron chi connectivity index (χ1n) is 16.4. The SMILES string of the molecule is COc1ccc(N(CC(=O)N(Cc2ccc(Cl)cc2Cl)[C@H](Cc2ccccc2)C(=O)NC2CCCCC2)S(=O)(=O)c2ccc(C)cc2)cc1. The number of benzene rings is 4. The van der Waals surface area contributed by atoms with E-state index in [1.165, 1.54) is 24.1 Å². The number of aryl methyl sites for hydroxylation is 1. The molecule has 49 heavy (non-hydrogen) atoms. The number of sulfonamides is 1. The summed E-state index contributed by atoms with van der Waals surface area (Å²) >= 11 is 12.8. The molecule has 258 valence electrons. The number of ether oxygens (including phenoxy) is 1. The summed E-state index contributed by atoms with van der Waals surface area (Å²) in [5.74, 6) is -0.340. The minimum Gasteiger partial charge on any atom is -0.497 e. The molecule has 8 nitrogen and oxygen atoms in total. The number of halogens is 2. The standard InChI is InChI=1S/C38H41Cl2N3O5S/c1-27-13-21-34(22-14-27)49(46,47)43(32-17-19-33(48-2)20-18-32)26-37(44)42(25-29-15-16-30(39)24-35(29)40)36(23-28-9-5-3-6-10-28)38(45)41-31-11-7-4-8-12-31/h3,5-6,9-10,13-22,24,31,36H,4,7-8,11-12,23,25-26H2,1-2H3,(H,41,45)/t36-/m1/s1. The molecule has 0 aromatic heterocycles. The number of hydrogen-bond donors (Lipinski definition) is 1. The first-order chi connectivity index (χ1) is 23.5. The number of rotatable bonds is 13. The third-order valence-corrected chi connectivity index (χ3v) is 11.2. The zero-order valence-corrected chi connectivity index (χ0v) is 30.0. The molecule has 0 heterocycles. The monoisotopic (exact) mass is 721 g/mol. The fraction of sp³-hybridized carbons (Fsp3) is 0.316. The topological polar surface area (TPSA) is 96.0 Å². The summed E-state index contributed by atoms with van der Waals surface area (Å²) in [6.45, 7) is 1.24. The van der Waals surface area contributed by atoms with E-state index < -0.39 is 28.5 Å². The summed E-state index contributed by atoms with van der Waals surface area (Å²) in [6.07, 6.45) is 5.09. The first-order valence-corrected chi connectivity index (χ1v) is 18.6. The van der Waals surface area contributed by atoms with Crippen LogP contribution in [0.15, 0.2) is 102 Å². The van der Waals surface area contributed by atoms with Crippen LogP contribution >= 0.6 is 23.2 Å². The van der Waals surface area contributed by atoms with Gasteiger partial charge in [-0.25, -0.2) is 8.42 Å². The van der Waals surface area contributed by atoms with E-state index in [9.17, 15) is 18.0 Å². The molecule has 0 bridgehead atoms. The molecule has 1 atom stereocenters. The van der Waals surface area contributed by atoms with E-state index in [0.29, 0.717) is 21.4 Å². The van der Waals surface area contributed by atoms with Crippen LogP contribution in [0.4, 0.5) is 5.69 Å². The van der Waals surface area contributed by atoms with E-state index in [1.807, 2.05) is 37.3 Å². The second-order valence-electron chi connectivity index (χ2n) is 12.3. The van der Waals surface area contributed by atoms with Gasteiger partial charge in [0.15, 0.2) is 0 Å². The van der Waals surface area contributed by atoms with E-state index in [1.54, 1.807) is 54.6 Å². The molecule has 0 aliphatic heterocycles. The second-order valence-corrected chi connectivity index (χ2v) is 15.0. The van der Waals surface area contributed by atoms with Gasteiger partial charge in [-0.1, -0.05) is 96.6 Å². The van der Waals surface area contributed by atoms with E-state index in [-0.39, 0.29) is 35.5 Å². The Balaban J connectivity index is 1.58. The average molecular weight is 723 g/mol. The van der Waals surface area contributed by atoms with Gasteiger partial charge in [0.1, 0.15) is 18.3 Å². The highest BCUT2D eigenvalue weighted by atomic mass is 35.5. The van der Waals surface area contributed by atoms with Gasteiger partial charge in [-0.15, -0.1) is 0 Å². The molecule has 4 aromatic carbocycles. The molecule has 1 aliphatic rings. The summed E-state index contributed by atoms with van der Waals surface area (Å²) in [5.41, 5.74) is 2.58. The molecule has 1 fully saturated rings. The van der Waals surface area contributed by atoms with Crippen molar-refractivity contribution in [2.24, 2.45) is 0 Å². The Morgan fingerprint density at radius 2 is 1.57 bits per heavy atom. The van der Waals surface area contributed by atoms with E-state index in [0.717, 1.165) is 47.5 Å². The molecule has 11 heteroatoms. The molecule has 2 amide bonds. The van der Waals surface area contributed by atoms with Crippen LogP contribution in [0.1, 0.15) is 48.8 Å². The van der Waals surface area contributed by atoms with Crippen LogP contribution in [0.25, 0.3) is 0 Å². The van der Waals surface area contributed by atoms with Crippen molar-refractivity contribution in [2.45, 2.75) is 69.0 Å². The predicted molar refractivity (Wildman–Crippen MR) is 195 cm³/mol. The van der Waals surface area contributed by atoms with Gasteiger partial charge in [0.2, 0.25) is 11.8 Å². The third-order valence-electron chi connectivity index (χ3n) is 8.83. The fourth-order valence-electron chi connectivity index (χ4n) is 6.05. The minimum atomic E-state index is -4.23. The number of amides is 2. The molecule has 1 aliphatic carbocycles. The van der Waals surface area contributed by atoms with Crippen molar-refractivity contribution in [1.82, 2.24) is 10.2 Å². The van der Waals surface area contributed by atoms with Crippen LogP contribution in [0, 0.1) is 6.92 Å². The van der Waals surface area contributed by atoms with Crippen molar-refractivity contribution in [3.05, 3.63) is 124 Å². The van der Waals surface area contributed by atoms with Gasteiger partial charge < -0.3 is 15.0 Å². The Morgan fingerprint density at radius 3 is 2.20 bits per heavy atom. The maximum absolute atomic E-state index is 14.7. The van der Waals surface area contributed by atoms with Gasteiger partial charge in [-0.2, -0.15) is 0 Å². The molecule has 1 N–H and O–H groups in total. The van der Waals surface area contributed by atoms with Gasteiger partial charge >= 0.3 is 0 Å². The summed E-state index contributed by atoms with van der Waals surface area (Å²) in [7, 11) is -2.71. The van der Waals surface area contributed by atoms with Crippen LogP contribution in [0.2, 0.25) is 10.0 Å². The lowest BCUT2D eigenvalue weighted by atomic mass is 9.94. The summed E-state index contributed by atoms with van der Waals surface area (Å²) in [5, 5.41) is 3.97. The highest BCUT2D eigenvalue weighted by Crippen LogP contribution is 2.29. The van der Waals surface area contributed by atoms with Gasteiger partial charge in [0.25, 0.3) is 10.0 Å². The van der Waals surface area contributed by atoms with Crippen molar-refractivity contribution in [3.8, 4) is 5.75 Å². The van der Waals surface area contributed by atoms with Crippen LogP contribution in [-0.2, 0) is 32.6 Å². The van der Waals surface area contributed by atoms with Gasteiger partial charge in [0.05, 0.1) is 17.7 Å². The maximum Gasteiger partial charge on any atom is 0.264 e. The van der Waals surface area contributed by atoms with Crippen LogP contribution in [0.5, 0.6) is 5.75 Å². The Bertz CT molecular complexity index is 1830. The lowest BCUT2D eigenvalue weighted by Crippen LogP contribution is -2.55. The largest absolute Gasteiger partial charge is 0.497 e. The molecule has 0 unspecified atom stereocenters. The minimum absolute atomic E-state index is 0.00620. The average Bonchev–Trinajstić information content (AvgIpc) is 3.10. The summed E-state index contributed by atoms with van der Waals surface area (Å²) in [6, 6.07) is 26.4. The van der Waals surface area contributed by atoms with Crippen LogP contribution < -0.4 is 14.4 Å². The predicted octanol–water partition coefficient (Wildman–Crippen LogP) is 7.59. The van der Waals surface area contributed by atoms with E-state index in [4.69, 9.17) is 27.9 Å². The first kappa shape index (κ1) is 36.2. The second kappa shape index (κ2) is 16.6. The molecule has 4 aromatic rings. The quantitative estimate of drug-likeness (QED) is 0.154. The highest BCUT2D eigenvalue weighted by Gasteiger charge is 2.35.